The molecule has 1 aromatic rings. The summed E-state index contributed by atoms with van der Waals surface area (Å²) in [7, 11) is 4.37. The summed E-state index contributed by atoms with van der Waals surface area (Å²) in [5.74, 6) is 0. The van der Waals surface area contributed by atoms with Crippen LogP contribution in [-0.4, -0.2) is 56.6 Å². The Morgan fingerprint density at radius 1 is 1.15 bits per heavy atom. The summed E-state index contributed by atoms with van der Waals surface area (Å²) in [6, 6.07) is 7.78. The first-order valence-electron chi connectivity index (χ1n) is 7.95. The lowest BCUT2D eigenvalue weighted by Crippen LogP contribution is -2.47. The number of hydrogen-bond acceptors (Lipinski definition) is 3. The fourth-order valence-corrected chi connectivity index (χ4v) is 3.57. The van der Waals surface area contributed by atoms with Gasteiger partial charge in [0.15, 0.2) is 0 Å². The maximum Gasteiger partial charge on any atom is 0.0476 e. The van der Waals surface area contributed by atoms with Crippen molar-refractivity contribution in [2.75, 3.05) is 46.8 Å². The number of nitrogens with zero attached hydrogens (tertiary/aromatic N) is 2. The molecule has 1 atom stereocenters. The van der Waals surface area contributed by atoms with E-state index in [1.165, 1.54) is 24.8 Å². The van der Waals surface area contributed by atoms with Crippen LogP contribution in [0.3, 0.4) is 0 Å². The van der Waals surface area contributed by atoms with Crippen LogP contribution in [0.4, 0.5) is 0 Å². The van der Waals surface area contributed by atoms with Crippen LogP contribution in [0.15, 0.2) is 18.2 Å². The number of likely N-dealkylation sites (N-methyl/N-ethyl adjacent to an activating group) is 1. The van der Waals surface area contributed by atoms with E-state index >= 15 is 0 Å². The van der Waals surface area contributed by atoms with Gasteiger partial charge in [0, 0.05) is 38.8 Å². The third kappa shape index (κ3) is 3.05. The van der Waals surface area contributed by atoms with Gasteiger partial charge in [-0.15, -0.1) is 0 Å². The second-order valence-corrected chi connectivity index (χ2v) is 6.45. The van der Waals surface area contributed by atoms with Crippen molar-refractivity contribution in [3.05, 3.63) is 34.9 Å². The summed E-state index contributed by atoms with van der Waals surface area (Å²) in [6.07, 6.45) is 3.89. The van der Waals surface area contributed by atoms with Crippen LogP contribution < -0.4 is 5.32 Å². The SMILES string of the molecule is CN(C)CC(c1ccc2c(c1)CCC2)N1CCNCC1. The normalized spacial score (nSPS) is 21.1. The molecular formula is C17H27N3. The zero-order chi connectivity index (χ0) is 13.9. The molecular weight excluding hydrogens is 246 g/mol. The van der Waals surface area contributed by atoms with Crippen LogP contribution >= 0.6 is 0 Å². The highest BCUT2D eigenvalue weighted by Gasteiger charge is 2.24. The number of aryl methyl sites for hydroxylation is 2. The summed E-state index contributed by atoms with van der Waals surface area (Å²) in [4.78, 5) is 4.97. The van der Waals surface area contributed by atoms with Gasteiger partial charge in [0.1, 0.15) is 0 Å². The molecule has 0 amide bonds. The van der Waals surface area contributed by atoms with Gasteiger partial charge in [-0.2, -0.15) is 0 Å². The van der Waals surface area contributed by atoms with E-state index in [9.17, 15) is 0 Å². The molecule has 3 rings (SSSR count). The molecule has 1 N–H and O–H groups in total. The van der Waals surface area contributed by atoms with Gasteiger partial charge in [-0.25, -0.2) is 0 Å². The van der Waals surface area contributed by atoms with Crippen molar-refractivity contribution in [1.29, 1.82) is 0 Å². The van der Waals surface area contributed by atoms with Gasteiger partial charge in [-0.05, 0) is 50.0 Å². The predicted molar refractivity (Wildman–Crippen MR) is 84.2 cm³/mol. The highest BCUT2D eigenvalue weighted by molar-refractivity contribution is 5.36. The average molecular weight is 273 g/mol. The fourth-order valence-electron chi connectivity index (χ4n) is 3.57. The Morgan fingerprint density at radius 3 is 2.65 bits per heavy atom. The van der Waals surface area contributed by atoms with Gasteiger partial charge in [0.25, 0.3) is 0 Å². The largest absolute Gasteiger partial charge is 0.314 e. The molecule has 1 aromatic carbocycles. The molecule has 1 unspecified atom stereocenters. The van der Waals surface area contributed by atoms with Gasteiger partial charge >= 0.3 is 0 Å². The molecule has 1 saturated heterocycles. The number of rotatable bonds is 4. The highest BCUT2D eigenvalue weighted by atomic mass is 15.2. The van der Waals surface area contributed by atoms with Crippen LogP contribution in [0, 0.1) is 0 Å². The molecule has 1 aliphatic heterocycles. The second kappa shape index (κ2) is 6.25. The van der Waals surface area contributed by atoms with E-state index in [2.05, 4.69) is 47.4 Å². The Kier molecular flexibility index (Phi) is 4.39. The zero-order valence-corrected chi connectivity index (χ0v) is 12.9. The van der Waals surface area contributed by atoms with E-state index in [4.69, 9.17) is 0 Å². The Hall–Kier alpha value is -0.900. The van der Waals surface area contributed by atoms with Crippen molar-refractivity contribution in [2.24, 2.45) is 0 Å². The summed E-state index contributed by atoms with van der Waals surface area (Å²) >= 11 is 0. The quantitative estimate of drug-likeness (QED) is 0.900. The minimum absolute atomic E-state index is 0.540. The fraction of sp³-hybridized carbons (Fsp3) is 0.647. The van der Waals surface area contributed by atoms with Gasteiger partial charge in [0.05, 0.1) is 0 Å². The number of nitrogens with one attached hydrogen (secondary N) is 1. The Morgan fingerprint density at radius 2 is 1.90 bits per heavy atom. The van der Waals surface area contributed by atoms with Crippen LogP contribution in [0.25, 0.3) is 0 Å². The topological polar surface area (TPSA) is 18.5 Å². The molecule has 0 radical (unpaired) electrons. The number of fused-ring (bicyclic) bond motifs is 1. The van der Waals surface area contributed by atoms with Crippen LogP contribution in [0.2, 0.25) is 0 Å². The Balaban J connectivity index is 1.83. The molecule has 3 nitrogen and oxygen atoms in total. The molecule has 0 aromatic heterocycles. The lowest BCUT2D eigenvalue weighted by molar-refractivity contribution is 0.144. The van der Waals surface area contributed by atoms with E-state index < -0.39 is 0 Å². The number of hydrogen-bond donors (Lipinski definition) is 1. The third-order valence-corrected chi connectivity index (χ3v) is 4.64. The lowest BCUT2D eigenvalue weighted by atomic mass is 9.99. The van der Waals surface area contributed by atoms with E-state index in [1.54, 1.807) is 11.1 Å². The minimum Gasteiger partial charge on any atom is -0.314 e. The van der Waals surface area contributed by atoms with Crippen LogP contribution in [-0.2, 0) is 12.8 Å². The maximum absolute atomic E-state index is 3.46. The summed E-state index contributed by atoms with van der Waals surface area (Å²) in [5, 5.41) is 3.46. The van der Waals surface area contributed by atoms with Crippen LogP contribution in [0.1, 0.15) is 29.2 Å². The molecule has 0 bridgehead atoms. The average Bonchev–Trinajstić information content (AvgIpc) is 2.93. The summed E-state index contributed by atoms with van der Waals surface area (Å²) in [6.45, 7) is 5.67. The lowest BCUT2D eigenvalue weighted by Gasteiger charge is -2.36. The number of benzene rings is 1. The van der Waals surface area contributed by atoms with Gasteiger partial charge < -0.3 is 10.2 Å². The van der Waals surface area contributed by atoms with Crippen molar-refractivity contribution in [3.8, 4) is 0 Å². The van der Waals surface area contributed by atoms with E-state index in [0.717, 1.165) is 32.7 Å². The molecule has 1 fully saturated rings. The van der Waals surface area contributed by atoms with Crippen molar-refractivity contribution >= 4 is 0 Å². The molecule has 3 heteroatoms. The highest BCUT2D eigenvalue weighted by Crippen LogP contribution is 2.28. The van der Waals surface area contributed by atoms with Crippen molar-refractivity contribution < 1.29 is 0 Å². The van der Waals surface area contributed by atoms with Crippen molar-refractivity contribution in [1.82, 2.24) is 15.1 Å². The maximum atomic E-state index is 3.46. The summed E-state index contributed by atoms with van der Waals surface area (Å²) in [5.41, 5.74) is 4.69. The van der Waals surface area contributed by atoms with Crippen molar-refractivity contribution in [3.63, 3.8) is 0 Å². The first kappa shape index (κ1) is 14.1. The van der Waals surface area contributed by atoms with Crippen molar-refractivity contribution in [2.45, 2.75) is 25.3 Å². The Bertz CT molecular complexity index is 450. The third-order valence-electron chi connectivity index (χ3n) is 4.64. The number of piperazine rings is 1. The van der Waals surface area contributed by atoms with E-state index in [-0.39, 0.29) is 0 Å². The van der Waals surface area contributed by atoms with Gasteiger partial charge in [-0.3, -0.25) is 4.90 Å². The predicted octanol–water partition coefficient (Wildman–Crippen LogP) is 1.68. The molecule has 2 aliphatic rings. The minimum atomic E-state index is 0.540. The van der Waals surface area contributed by atoms with Gasteiger partial charge in [-0.1, -0.05) is 18.2 Å². The second-order valence-electron chi connectivity index (χ2n) is 6.45. The zero-order valence-electron chi connectivity index (χ0n) is 12.9. The standard InChI is InChI=1S/C17H27N3/c1-19(2)13-17(20-10-8-18-9-11-20)16-7-6-14-4-3-5-15(14)12-16/h6-7,12,17-18H,3-5,8-11,13H2,1-2H3. The Labute approximate surface area is 123 Å². The first-order chi connectivity index (χ1) is 9.74. The summed E-state index contributed by atoms with van der Waals surface area (Å²) < 4.78 is 0. The molecule has 1 heterocycles. The molecule has 110 valence electrons. The van der Waals surface area contributed by atoms with Gasteiger partial charge in [0.2, 0.25) is 0 Å². The molecule has 0 spiro atoms. The molecule has 1 aliphatic carbocycles. The smallest absolute Gasteiger partial charge is 0.0476 e. The molecule has 0 saturated carbocycles. The van der Waals surface area contributed by atoms with E-state index in [1.807, 2.05) is 0 Å². The molecule has 20 heavy (non-hydrogen) atoms. The van der Waals surface area contributed by atoms with E-state index in [0.29, 0.717) is 6.04 Å². The first-order valence-corrected chi connectivity index (χ1v) is 7.95. The van der Waals surface area contributed by atoms with Crippen LogP contribution in [0.5, 0.6) is 0 Å². The monoisotopic (exact) mass is 273 g/mol.